The number of thiazole rings is 1. The first kappa shape index (κ1) is 13.5. The highest BCUT2D eigenvalue weighted by molar-refractivity contribution is 9.10. The highest BCUT2D eigenvalue weighted by Gasteiger charge is 2.09. The molecule has 2 aromatic rings. The maximum absolute atomic E-state index is 5.74. The van der Waals surface area contributed by atoms with Gasteiger partial charge in [0, 0.05) is 21.1 Å². The van der Waals surface area contributed by atoms with E-state index < -0.39 is 0 Å². The fourth-order valence-electron chi connectivity index (χ4n) is 1.60. The molecular weight excluding hydrogens is 330 g/mol. The van der Waals surface area contributed by atoms with Crippen LogP contribution in [0.2, 0.25) is 0 Å². The summed E-state index contributed by atoms with van der Waals surface area (Å²) in [4.78, 5) is 4.78. The molecule has 1 heterocycles. The molecule has 0 saturated heterocycles. The lowest BCUT2D eigenvalue weighted by molar-refractivity contribution is 1.05. The number of nitrogens with zero attached hydrogens (tertiary/aromatic N) is 1. The summed E-state index contributed by atoms with van der Waals surface area (Å²) in [5.41, 5.74) is 8.51. The number of benzene rings is 1. The molecule has 6 heteroatoms. The molecule has 94 valence electrons. The topological polar surface area (TPSA) is 50.9 Å². The van der Waals surface area contributed by atoms with Gasteiger partial charge in [0.1, 0.15) is 4.99 Å². The lowest BCUT2D eigenvalue weighted by Gasteiger charge is -2.11. The highest BCUT2D eigenvalue weighted by atomic mass is 79.9. The number of nitrogens with one attached hydrogen (secondary N) is 1. The molecule has 3 nitrogen and oxygen atoms in total. The van der Waals surface area contributed by atoms with Gasteiger partial charge in [0.25, 0.3) is 0 Å². The molecule has 0 aliphatic rings. The molecule has 1 aromatic heterocycles. The zero-order valence-corrected chi connectivity index (χ0v) is 13.0. The Balaban J connectivity index is 2.19. The van der Waals surface area contributed by atoms with Crippen LogP contribution in [-0.4, -0.2) is 9.97 Å². The lowest BCUT2D eigenvalue weighted by Crippen LogP contribution is -2.14. The molecule has 3 N–H and O–H groups in total. The number of aromatic nitrogens is 1. The normalized spacial score (nSPS) is 10.3. The molecule has 0 unspecified atom stereocenters. The smallest absolute Gasteiger partial charge is 0.107 e. The minimum Gasteiger partial charge on any atom is -0.389 e. The van der Waals surface area contributed by atoms with Crippen LogP contribution in [0.15, 0.2) is 28.1 Å². The van der Waals surface area contributed by atoms with E-state index >= 15 is 0 Å². The van der Waals surface area contributed by atoms with Gasteiger partial charge in [-0.05, 0) is 35.0 Å². The van der Waals surface area contributed by atoms with E-state index in [4.69, 9.17) is 18.0 Å². The van der Waals surface area contributed by atoms with Gasteiger partial charge in [0.05, 0.1) is 17.2 Å². The standard InChI is InChI=1S/C12H12BrN3S2/c1-7-16-8(6-18-7)5-15-10-4-2-3-9(13)11(10)12(14)17/h2-4,6,15H,5H2,1H3,(H2,14,17). The van der Waals surface area contributed by atoms with E-state index in [9.17, 15) is 0 Å². The van der Waals surface area contributed by atoms with E-state index in [1.807, 2.05) is 30.5 Å². The zero-order valence-electron chi connectivity index (χ0n) is 9.74. The zero-order chi connectivity index (χ0) is 13.1. The van der Waals surface area contributed by atoms with Gasteiger partial charge in [-0.1, -0.05) is 18.3 Å². The van der Waals surface area contributed by atoms with Gasteiger partial charge in [0.2, 0.25) is 0 Å². The average molecular weight is 342 g/mol. The molecule has 0 radical (unpaired) electrons. The van der Waals surface area contributed by atoms with Crippen LogP contribution in [-0.2, 0) is 6.54 Å². The predicted octanol–water partition coefficient (Wildman–Crippen LogP) is 3.46. The van der Waals surface area contributed by atoms with E-state index in [-0.39, 0.29) is 0 Å². The quantitative estimate of drug-likeness (QED) is 0.836. The Bertz CT molecular complexity index is 580. The molecule has 0 fully saturated rings. The third-order valence-electron chi connectivity index (χ3n) is 2.39. The van der Waals surface area contributed by atoms with Crippen molar-refractivity contribution in [1.29, 1.82) is 0 Å². The van der Waals surface area contributed by atoms with Crippen LogP contribution in [0.5, 0.6) is 0 Å². The van der Waals surface area contributed by atoms with E-state index in [1.54, 1.807) is 11.3 Å². The molecule has 0 aliphatic heterocycles. The molecule has 0 bridgehead atoms. The summed E-state index contributed by atoms with van der Waals surface area (Å²) in [5, 5.41) is 6.42. The third-order valence-corrected chi connectivity index (χ3v) is 4.07. The van der Waals surface area contributed by atoms with Crippen molar-refractivity contribution < 1.29 is 0 Å². The second kappa shape index (κ2) is 5.77. The molecule has 0 aliphatic carbocycles. The highest BCUT2D eigenvalue weighted by Crippen LogP contribution is 2.25. The Morgan fingerprint density at radius 1 is 1.56 bits per heavy atom. The van der Waals surface area contributed by atoms with Gasteiger partial charge >= 0.3 is 0 Å². The molecule has 1 aromatic carbocycles. The summed E-state index contributed by atoms with van der Waals surface area (Å²) < 4.78 is 0.898. The molecule has 18 heavy (non-hydrogen) atoms. The van der Waals surface area contributed by atoms with Gasteiger partial charge in [-0.25, -0.2) is 4.98 Å². The Labute approximate surface area is 124 Å². The van der Waals surface area contributed by atoms with E-state index in [0.717, 1.165) is 26.4 Å². The molecule has 0 saturated carbocycles. The second-order valence-corrected chi connectivity index (χ2v) is 6.09. The van der Waals surface area contributed by atoms with Crippen LogP contribution in [0.4, 0.5) is 5.69 Å². The fourth-order valence-corrected chi connectivity index (χ4v) is 3.14. The number of aryl methyl sites for hydroxylation is 1. The van der Waals surface area contributed by atoms with Gasteiger partial charge in [0.15, 0.2) is 0 Å². The van der Waals surface area contributed by atoms with Crippen LogP contribution >= 0.6 is 39.5 Å². The maximum atomic E-state index is 5.74. The Hall–Kier alpha value is -0.980. The first-order valence-corrected chi connectivity index (χ1v) is 7.39. The summed E-state index contributed by atoms with van der Waals surface area (Å²) in [5.74, 6) is 0. The van der Waals surface area contributed by atoms with Crippen molar-refractivity contribution in [1.82, 2.24) is 4.98 Å². The summed E-state index contributed by atoms with van der Waals surface area (Å²) in [6.07, 6.45) is 0. The third kappa shape index (κ3) is 3.07. The van der Waals surface area contributed by atoms with Gasteiger partial charge in [-0.15, -0.1) is 11.3 Å². The van der Waals surface area contributed by atoms with E-state index in [0.29, 0.717) is 11.5 Å². The van der Waals surface area contributed by atoms with Crippen molar-refractivity contribution in [2.75, 3.05) is 5.32 Å². The van der Waals surface area contributed by atoms with Gasteiger partial charge in [-0.2, -0.15) is 0 Å². The second-order valence-electron chi connectivity index (χ2n) is 3.74. The Morgan fingerprint density at radius 2 is 2.33 bits per heavy atom. The number of thiocarbonyl (C=S) groups is 1. The number of hydrogen-bond acceptors (Lipinski definition) is 4. The minimum absolute atomic E-state index is 0.374. The fraction of sp³-hybridized carbons (Fsp3) is 0.167. The van der Waals surface area contributed by atoms with E-state index in [1.165, 1.54) is 0 Å². The number of hydrogen-bond donors (Lipinski definition) is 2. The minimum atomic E-state index is 0.374. The van der Waals surface area contributed by atoms with Gasteiger partial charge < -0.3 is 11.1 Å². The van der Waals surface area contributed by atoms with Crippen molar-refractivity contribution in [3.63, 3.8) is 0 Å². The average Bonchev–Trinajstić information content (AvgIpc) is 2.72. The molecule has 0 amide bonds. The van der Waals surface area contributed by atoms with Crippen LogP contribution in [0, 0.1) is 6.92 Å². The van der Waals surface area contributed by atoms with Crippen molar-refractivity contribution in [3.8, 4) is 0 Å². The Kier molecular flexibility index (Phi) is 4.31. The summed E-state index contributed by atoms with van der Waals surface area (Å²) >= 11 is 10.2. The van der Waals surface area contributed by atoms with Crippen LogP contribution in [0.3, 0.4) is 0 Å². The first-order valence-electron chi connectivity index (χ1n) is 5.31. The van der Waals surface area contributed by atoms with Crippen LogP contribution in [0.1, 0.15) is 16.3 Å². The summed E-state index contributed by atoms with van der Waals surface area (Å²) in [6, 6.07) is 5.83. The molecular formula is C12H12BrN3S2. The molecule has 0 spiro atoms. The number of rotatable bonds is 4. The van der Waals surface area contributed by atoms with E-state index in [2.05, 4.69) is 26.2 Å². The number of nitrogens with two attached hydrogens (primary N) is 1. The van der Waals surface area contributed by atoms with Gasteiger partial charge in [-0.3, -0.25) is 0 Å². The van der Waals surface area contributed by atoms with Crippen molar-refractivity contribution in [2.45, 2.75) is 13.5 Å². The monoisotopic (exact) mass is 341 g/mol. The number of halogens is 1. The largest absolute Gasteiger partial charge is 0.389 e. The summed E-state index contributed by atoms with van der Waals surface area (Å²) in [7, 11) is 0. The van der Waals surface area contributed by atoms with Crippen molar-refractivity contribution in [2.24, 2.45) is 5.73 Å². The summed E-state index contributed by atoms with van der Waals surface area (Å²) in [6.45, 7) is 2.66. The van der Waals surface area contributed by atoms with Crippen LogP contribution < -0.4 is 11.1 Å². The van der Waals surface area contributed by atoms with Crippen LogP contribution in [0.25, 0.3) is 0 Å². The SMILES string of the molecule is Cc1nc(CNc2cccc(Br)c2C(N)=S)cs1. The maximum Gasteiger partial charge on any atom is 0.107 e. The predicted molar refractivity (Wildman–Crippen MR) is 84.2 cm³/mol. The lowest BCUT2D eigenvalue weighted by atomic mass is 10.1. The van der Waals surface area contributed by atoms with Crippen molar-refractivity contribution >= 4 is 50.2 Å². The van der Waals surface area contributed by atoms with Crippen molar-refractivity contribution in [3.05, 3.63) is 44.3 Å². The molecule has 2 rings (SSSR count). The molecule has 0 atom stereocenters. The Morgan fingerprint density at radius 3 is 2.94 bits per heavy atom. The number of anilines is 1. The first-order chi connectivity index (χ1) is 8.58.